The van der Waals surface area contributed by atoms with Crippen LogP contribution in [0, 0.1) is 5.82 Å². The predicted octanol–water partition coefficient (Wildman–Crippen LogP) is 2.41. The van der Waals surface area contributed by atoms with E-state index in [9.17, 15) is 14.3 Å². The van der Waals surface area contributed by atoms with Crippen molar-refractivity contribution in [3.8, 4) is 5.75 Å². The summed E-state index contributed by atoms with van der Waals surface area (Å²) < 4.78 is 18.9. The molecule has 1 N–H and O–H groups in total. The van der Waals surface area contributed by atoms with E-state index in [2.05, 4.69) is 4.90 Å². The van der Waals surface area contributed by atoms with E-state index in [0.717, 1.165) is 18.7 Å². The van der Waals surface area contributed by atoms with Crippen LogP contribution in [0.4, 0.5) is 4.39 Å². The number of hydrogen-bond acceptors (Lipinski definition) is 4. The molecule has 2 aromatic carbocycles. The fourth-order valence-corrected chi connectivity index (χ4v) is 3.22. The normalized spacial score (nSPS) is 16.6. The average Bonchev–Trinajstić information content (AvgIpc) is 2.92. The molecule has 1 amide bonds. The number of aliphatic hydroxyl groups excluding tert-OH is 1. The number of aliphatic hydroxyl groups is 1. The highest BCUT2D eigenvalue weighted by Crippen LogP contribution is 2.12. The van der Waals surface area contributed by atoms with E-state index in [1.807, 2.05) is 30.3 Å². The van der Waals surface area contributed by atoms with Crippen LogP contribution in [-0.4, -0.2) is 66.2 Å². The molecule has 0 saturated carbocycles. The first kappa shape index (κ1) is 19.3. The van der Waals surface area contributed by atoms with Gasteiger partial charge >= 0.3 is 0 Å². The minimum Gasteiger partial charge on any atom is -0.491 e. The number of halogens is 1. The highest BCUT2D eigenvalue weighted by molar-refractivity contribution is 5.94. The average molecular weight is 372 g/mol. The fraction of sp³-hybridized carbons (Fsp3) is 0.381. The van der Waals surface area contributed by atoms with E-state index in [1.54, 1.807) is 17.0 Å². The molecule has 144 valence electrons. The van der Waals surface area contributed by atoms with Gasteiger partial charge < -0.3 is 14.7 Å². The van der Waals surface area contributed by atoms with Crippen LogP contribution in [0.1, 0.15) is 16.8 Å². The first-order valence-electron chi connectivity index (χ1n) is 9.25. The van der Waals surface area contributed by atoms with Gasteiger partial charge in [0.15, 0.2) is 0 Å². The Morgan fingerprint density at radius 2 is 1.89 bits per heavy atom. The predicted molar refractivity (Wildman–Crippen MR) is 101 cm³/mol. The molecule has 0 spiro atoms. The van der Waals surface area contributed by atoms with Gasteiger partial charge in [0.05, 0.1) is 0 Å². The quantitative estimate of drug-likeness (QED) is 0.846. The van der Waals surface area contributed by atoms with E-state index in [4.69, 9.17) is 4.74 Å². The molecule has 0 radical (unpaired) electrons. The number of nitrogens with zero attached hydrogens (tertiary/aromatic N) is 2. The molecule has 1 heterocycles. The minimum atomic E-state index is -0.601. The molecule has 5 nitrogen and oxygen atoms in total. The Morgan fingerprint density at radius 1 is 1.07 bits per heavy atom. The molecular weight excluding hydrogens is 347 g/mol. The number of hydrogen-bond donors (Lipinski definition) is 1. The lowest BCUT2D eigenvalue weighted by Gasteiger charge is -2.24. The fourth-order valence-electron chi connectivity index (χ4n) is 3.22. The molecule has 1 saturated heterocycles. The maximum absolute atomic E-state index is 13.4. The molecule has 0 aromatic heterocycles. The van der Waals surface area contributed by atoms with Crippen molar-refractivity contribution < 1.29 is 19.0 Å². The number of benzene rings is 2. The third kappa shape index (κ3) is 5.77. The largest absolute Gasteiger partial charge is 0.491 e. The number of rotatable bonds is 6. The van der Waals surface area contributed by atoms with Crippen LogP contribution in [0.15, 0.2) is 54.6 Å². The minimum absolute atomic E-state index is 0.149. The Hall–Kier alpha value is -2.44. The molecule has 0 aliphatic carbocycles. The Labute approximate surface area is 159 Å². The number of amides is 1. The first-order valence-corrected chi connectivity index (χ1v) is 9.25. The molecule has 2 aromatic rings. The van der Waals surface area contributed by atoms with Crippen molar-refractivity contribution in [1.82, 2.24) is 9.80 Å². The Bertz CT molecular complexity index is 741. The summed E-state index contributed by atoms with van der Waals surface area (Å²) in [5, 5.41) is 10.2. The number of carbonyl (C=O) groups excluding carboxylic acids is 1. The Morgan fingerprint density at radius 3 is 2.67 bits per heavy atom. The second-order valence-corrected chi connectivity index (χ2v) is 6.73. The van der Waals surface area contributed by atoms with Crippen LogP contribution >= 0.6 is 0 Å². The lowest BCUT2D eigenvalue weighted by atomic mass is 10.2. The number of para-hydroxylation sites is 1. The summed E-state index contributed by atoms with van der Waals surface area (Å²) in [6.07, 6.45) is 0.212. The lowest BCUT2D eigenvalue weighted by molar-refractivity contribution is 0.0670. The molecule has 3 rings (SSSR count). The summed E-state index contributed by atoms with van der Waals surface area (Å²) in [7, 11) is 0. The summed E-state index contributed by atoms with van der Waals surface area (Å²) in [4.78, 5) is 16.5. The van der Waals surface area contributed by atoms with Gasteiger partial charge in [-0.2, -0.15) is 0 Å². The number of ether oxygens (including phenoxy) is 1. The summed E-state index contributed by atoms with van der Waals surface area (Å²) in [5.41, 5.74) is 0.375. The van der Waals surface area contributed by atoms with Crippen LogP contribution in [0.5, 0.6) is 5.75 Å². The first-order chi connectivity index (χ1) is 13.1. The zero-order valence-electron chi connectivity index (χ0n) is 15.3. The zero-order valence-corrected chi connectivity index (χ0v) is 15.3. The maximum atomic E-state index is 13.4. The molecular formula is C21H25FN2O3. The molecule has 1 unspecified atom stereocenters. The van der Waals surface area contributed by atoms with Crippen LogP contribution in [-0.2, 0) is 0 Å². The number of carbonyl (C=O) groups is 1. The van der Waals surface area contributed by atoms with Crippen molar-refractivity contribution in [2.75, 3.05) is 39.3 Å². The van der Waals surface area contributed by atoms with E-state index < -0.39 is 11.9 Å². The molecule has 1 aliphatic rings. The van der Waals surface area contributed by atoms with Crippen LogP contribution in [0.25, 0.3) is 0 Å². The third-order valence-corrected chi connectivity index (χ3v) is 4.60. The van der Waals surface area contributed by atoms with Crippen LogP contribution < -0.4 is 4.74 Å². The van der Waals surface area contributed by atoms with E-state index in [1.165, 1.54) is 12.1 Å². The molecule has 27 heavy (non-hydrogen) atoms. The standard InChI is InChI=1S/C21H25FN2O3/c22-18-7-4-6-17(14-18)21(26)24-11-5-10-23(12-13-24)15-19(25)16-27-20-8-2-1-3-9-20/h1-4,6-9,14,19,25H,5,10-13,15-16H2. The highest BCUT2D eigenvalue weighted by Gasteiger charge is 2.22. The van der Waals surface area contributed by atoms with Crippen molar-refractivity contribution in [2.45, 2.75) is 12.5 Å². The van der Waals surface area contributed by atoms with Crippen LogP contribution in [0.3, 0.4) is 0 Å². The van der Waals surface area contributed by atoms with Crippen molar-refractivity contribution in [1.29, 1.82) is 0 Å². The van der Waals surface area contributed by atoms with Crippen LogP contribution in [0.2, 0.25) is 0 Å². The van der Waals surface area contributed by atoms with Gasteiger partial charge in [-0.25, -0.2) is 4.39 Å². The highest BCUT2D eigenvalue weighted by atomic mass is 19.1. The van der Waals surface area contributed by atoms with Gasteiger partial charge in [-0.05, 0) is 43.3 Å². The summed E-state index contributed by atoms with van der Waals surface area (Å²) >= 11 is 0. The smallest absolute Gasteiger partial charge is 0.254 e. The van der Waals surface area contributed by atoms with Gasteiger partial charge in [0.25, 0.3) is 5.91 Å². The van der Waals surface area contributed by atoms with Crippen molar-refractivity contribution in [3.05, 3.63) is 66.0 Å². The second-order valence-electron chi connectivity index (χ2n) is 6.73. The van der Waals surface area contributed by atoms with Gasteiger partial charge in [0, 0.05) is 31.7 Å². The lowest BCUT2D eigenvalue weighted by Crippen LogP contribution is -2.39. The van der Waals surface area contributed by atoms with Gasteiger partial charge in [0.1, 0.15) is 24.3 Å². The van der Waals surface area contributed by atoms with Gasteiger partial charge in [-0.1, -0.05) is 24.3 Å². The summed E-state index contributed by atoms with van der Waals surface area (Å²) in [6, 6.07) is 15.2. The Kier molecular flexibility index (Phi) is 6.79. The van der Waals surface area contributed by atoms with Crippen molar-refractivity contribution in [3.63, 3.8) is 0 Å². The SMILES string of the molecule is O=C(c1cccc(F)c1)N1CCCN(CC(O)COc2ccccc2)CC1. The maximum Gasteiger partial charge on any atom is 0.254 e. The summed E-state index contributed by atoms with van der Waals surface area (Å²) in [5.74, 6) is 0.183. The Balaban J connectivity index is 1.47. The summed E-state index contributed by atoms with van der Waals surface area (Å²) in [6.45, 7) is 3.38. The monoisotopic (exact) mass is 372 g/mol. The van der Waals surface area contributed by atoms with E-state index in [-0.39, 0.29) is 12.5 Å². The van der Waals surface area contributed by atoms with E-state index >= 15 is 0 Å². The van der Waals surface area contributed by atoms with Crippen molar-refractivity contribution in [2.24, 2.45) is 0 Å². The van der Waals surface area contributed by atoms with Gasteiger partial charge in [-0.15, -0.1) is 0 Å². The van der Waals surface area contributed by atoms with E-state index in [0.29, 0.717) is 31.7 Å². The molecule has 6 heteroatoms. The molecule has 1 fully saturated rings. The molecule has 1 aliphatic heterocycles. The second kappa shape index (κ2) is 9.48. The molecule has 0 bridgehead atoms. The third-order valence-electron chi connectivity index (χ3n) is 4.60. The van der Waals surface area contributed by atoms with Crippen molar-refractivity contribution >= 4 is 5.91 Å². The number of β-amino-alcohol motifs (C(OH)–C–C–N with tert-alkyl or cyclic N) is 1. The topological polar surface area (TPSA) is 53.0 Å². The van der Waals surface area contributed by atoms with Gasteiger partial charge in [-0.3, -0.25) is 9.69 Å². The zero-order chi connectivity index (χ0) is 19.1. The van der Waals surface area contributed by atoms with Gasteiger partial charge in [0.2, 0.25) is 0 Å². The molecule has 1 atom stereocenters.